The highest BCUT2D eigenvalue weighted by Crippen LogP contribution is 2.43. The number of likely N-dealkylation sites (tertiary alicyclic amines) is 1. The van der Waals surface area contributed by atoms with E-state index in [1.54, 1.807) is 0 Å². The van der Waals surface area contributed by atoms with Crippen molar-refractivity contribution in [3.05, 3.63) is 29.8 Å². The van der Waals surface area contributed by atoms with Crippen LogP contribution in [0.25, 0.3) is 0 Å². The molecule has 2 aliphatic rings. The average Bonchev–Trinajstić information content (AvgIpc) is 2.63. The SMILES string of the molecule is CCN1CCC[C@@]2(C1)C(=O)Nc1ccccc12. The number of piperidine rings is 1. The van der Waals surface area contributed by atoms with Gasteiger partial charge in [0.2, 0.25) is 5.91 Å². The first-order chi connectivity index (χ1) is 8.26. The first kappa shape index (κ1) is 10.8. The molecule has 1 aromatic rings. The highest BCUT2D eigenvalue weighted by molar-refractivity contribution is 6.06. The Morgan fingerprint density at radius 2 is 2.24 bits per heavy atom. The standard InChI is InChI=1S/C14H18N2O/c1-2-16-9-5-8-14(10-16)11-6-3-4-7-12(11)15-13(14)17/h3-4,6-7H,2,5,8-10H2,1H3,(H,15,17)/t14-/m0/s1. The molecule has 0 unspecified atom stereocenters. The Morgan fingerprint density at radius 1 is 1.41 bits per heavy atom. The smallest absolute Gasteiger partial charge is 0.236 e. The minimum Gasteiger partial charge on any atom is -0.325 e. The third-order valence-corrected chi connectivity index (χ3v) is 4.14. The zero-order valence-electron chi connectivity index (χ0n) is 10.2. The maximum absolute atomic E-state index is 12.3. The summed E-state index contributed by atoms with van der Waals surface area (Å²) in [4.78, 5) is 14.7. The molecule has 0 radical (unpaired) electrons. The van der Waals surface area contributed by atoms with Gasteiger partial charge < -0.3 is 10.2 Å². The van der Waals surface area contributed by atoms with E-state index in [1.807, 2.05) is 18.2 Å². The molecule has 2 aliphatic heterocycles. The van der Waals surface area contributed by atoms with Crippen molar-refractivity contribution < 1.29 is 4.79 Å². The second kappa shape index (κ2) is 3.84. The molecular formula is C14H18N2O. The Bertz CT molecular complexity index is 457. The molecule has 0 aliphatic carbocycles. The molecule has 1 amide bonds. The fourth-order valence-corrected chi connectivity index (χ4v) is 3.19. The molecule has 2 heterocycles. The summed E-state index contributed by atoms with van der Waals surface area (Å²) in [6, 6.07) is 8.13. The van der Waals surface area contributed by atoms with Gasteiger partial charge in [-0.05, 0) is 37.6 Å². The normalized spacial score (nSPS) is 28.2. The van der Waals surface area contributed by atoms with Crippen molar-refractivity contribution in [2.75, 3.05) is 25.0 Å². The number of amides is 1. The van der Waals surface area contributed by atoms with E-state index >= 15 is 0 Å². The van der Waals surface area contributed by atoms with E-state index in [0.29, 0.717) is 0 Å². The van der Waals surface area contributed by atoms with Crippen LogP contribution in [-0.2, 0) is 10.2 Å². The average molecular weight is 230 g/mol. The molecule has 1 saturated heterocycles. The Balaban J connectivity index is 2.04. The largest absolute Gasteiger partial charge is 0.325 e. The minimum atomic E-state index is -0.287. The molecule has 1 atom stereocenters. The van der Waals surface area contributed by atoms with Crippen LogP contribution in [0.15, 0.2) is 24.3 Å². The van der Waals surface area contributed by atoms with Crippen LogP contribution in [0.3, 0.4) is 0 Å². The number of benzene rings is 1. The predicted octanol–water partition coefficient (Wildman–Crippen LogP) is 1.99. The van der Waals surface area contributed by atoms with Gasteiger partial charge in [0.1, 0.15) is 0 Å². The molecule has 90 valence electrons. The summed E-state index contributed by atoms with van der Waals surface area (Å²) in [5, 5.41) is 3.04. The van der Waals surface area contributed by atoms with Gasteiger partial charge >= 0.3 is 0 Å². The summed E-state index contributed by atoms with van der Waals surface area (Å²) in [6.45, 7) is 5.18. The Labute approximate surface area is 102 Å². The van der Waals surface area contributed by atoms with E-state index in [9.17, 15) is 4.79 Å². The minimum absolute atomic E-state index is 0.192. The van der Waals surface area contributed by atoms with E-state index in [2.05, 4.69) is 23.2 Å². The fraction of sp³-hybridized carbons (Fsp3) is 0.500. The summed E-state index contributed by atoms with van der Waals surface area (Å²) in [5.74, 6) is 0.192. The number of nitrogens with one attached hydrogen (secondary N) is 1. The fourth-order valence-electron chi connectivity index (χ4n) is 3.19. The summed E-state index contributed by atoms with van der Waals surface area (Å²) in [6.07, 6.45) is 2.09. The number of likely N-dealkylation sites (N-methyl/N-ethyl adjacent to an activating group) is 1. The summed E-state index contributed by atoms with van der Waals surface area (Å²) in [5.41, 5.74) is 1.92. The van der Waals surface area contributed by atoms with Crippen LogP contribution in [0.2, 0.25) is 0 Å². The number of para-hydroxylation sites is 1. The number of carbonyl (C=O) groups is 1. The Morgan fingerprint density at radius 3 is 3.06 bits per heavy atom. The second-order valence-electron chi connectivity index (χ2n) is 5.05. The van der Waals surface area contributed by atoms with Crippen molar-refractivity contribution in [2.45, 2.75) is 25.2 Å². The van der Waals surface area contributed by atoms with Gasteiger partial charge in [-0.15, -0.1) is 0 Å². The highest BCUT2D eigenvalue weighted by atomic mass is 16.2. The van der Waals surface area contributed by atoms with E-state index < -0.39 is 0 Å². The molecule has 1 N–H and O–H groups in total. The molecule has 1 spiro atoms. The van der Waals surface area contributed by atoms with Crippen LogP contribution >= 0.6 is 0 Å². The summed E-state index contributed by atoms with van der Waals surface area (Å²) >= 11 is 0. The Kier molecular flexibility index (Phi) is 2.44. The van der Waals surface area contributed by atoms with Crippen LogP contribution in [0.1, 0.15) is 25.3 Å². The third-order valence-electron chi connectivity index (χ3n) is 4.14. The highest BCUT2D eigenvalue weighted by Gasteiger charge is 2.48. The van der Waals surface area contributed by atoms with Gasteiger partial charge in [-0.2, -0.15) is 0 Å². The zero-order valence-corrected chi connectivity index (χ0v) is 10.2. The number of hydrogen-bond acceptors (Lipinski definition) is 2. The zero-order chi connectivity index (χ0) is 11.9. The van der Waals surface area contributed by atoms with Crippen LogP contribution < -0.4 is 5.32 Å². The lowest BCUT2D eigenvalue weighted by Gasteiger charge is -2.38. The molecular weight excluding hydrogens is 212 g/mol. The number of rotatable bonds is 1. The molecule has 0 bridgehead atoms. The van der Waals surface area contributed by atoms with E-state index in [0.717, 1.165) is 38.2 Å². The lowest BCUT2D eigenvalue weighted by atomic mass is 9.75. The molecule has 1 aromatic carbocycles. The molecule has 3 heteroatoms. The number of nitrogens with zero attached hydrogens (tertiary/aromatic N) is 1. The third kappa shape index (κ3) is 1.49. The number of anilines is 1. The monoisotopic (exact) mass is 230 g/mol. The van der Waals surface area contributed by atoms with Crippen LogP contribution in [0.5, 0.6) is 0 Å². The van der Waals surface area contributed by atoms with Gasteiger partial charge in [0.15, 0.2) is 0 Å². The van der Waals surface area contributed by atoms with Crippen molar-refractivity contribution >= 4 is 11.6 Å². The summed E-state index contributed by atoms with van der Waals surface area (Å²) in [7, 11) is 0. The van der Waals surface area contributed by atoms with E-state index in [-0.39, 0.29) is 11.3 Å². The van der Waals surface area contributed by atoms with Crippen molar-refractivity contribution in [3.63, 3.8) is 0 Å². The second-order valence-corrected chi connectivity index (χ2v) is 5.05. The number of fused-ring (bicyclic) bond motifs is 2. The quantitative estimate of drug-likeness (QED) is 0.800. The number of hydrogen-bond donors (Lipinski definition) is 1. The van der Waals surface area contributed by atoms with E-state index in [4.69, 9.17) is 0 Å². The molecule has 3 rings (SSSR count). The lowest BCUT2D eigenvalue weighted by molar-refractivity contribution is -0.122. The molecule has 0 aromatic heterocycles. The predicted molar refractivity (Wildman–Crippen MR) is 68.1 cm³/mol. The van der Waals surface area contributed by atoms with Crippen molar-refractivity contribution in [1.29, 1.82) is 0 Å². The van der Waals surface area contributed by atoms with Crippen molar-refractivity contribution in [3.8, 4) is 0 Å². The van der Waals surface area contributed by atoms with Gasteiger partial charge in [0.25, 0.3) is 0 Å². The van der Waals surface area contributed by atoms with Gasteiger partial charge in [0.05, 0.1) is 5.41 Å². The Hall–Kier alpha value is -1.35. The van der Waals surface area contributed by atoms with Crippen LogP contribution in [0, 0.1) is 0 Å². The van der Waals surface area contributed by atoms with Gasteiger partial charge in [-0.3, -0.25) is 4.79 Å². The molecule has 0 saturated carbocycles. The first-order valence-corrected chi connectivity index (χ1v) is 6.39. The molecule has 17 heavy (non-hydrogen) atoms. The van der Waals surface area contributed by atoms with Gasteiger partial charge in [-0.1, -0.05) is 25.1 Å². The first-order valence-electron chi connectivity index (χ1n) is 6.39. The molecule has 1 fully saturated rings. The summed E-state index contributed by atoms with van der Waals surface area (Å²) < 4.78 is 0. The van der Waals surface area contributed by atoms with E-state index in [1.165, 1.54) is 5.56 Å². The topological polar surface area (TPSA) is 32.3 Å². The van der Waals surface area contributed by atoms with Crippen LogP contribution in [0.4, 0.5) is 5.69 Å². The van der Waals surface area contributed by atoms with Gasteiger partial charge in [0, 0.05) is 12.2 Å². The van der Waals surface area contributed by atoms with Crippen molar-refractivity contribution in [1.82, 2.24) is 4.90 Å². The number of carbonyl (C=O) groups excluding carboxylic acids is 1. The maximum Gasteiger partial charge on any atom is 0.236 e. The van der Waals surface area contributed by atoms with Crippen molar-refractivity contribution in [2.24, 2.45) is 0 Å². The maximum atomic E-state index is 12.3. The van der Waals surface area contributed by atoms with Crippen LogP contribution in [-0.4, -0.2) is 30.4 Å². The lowest BCUT2D eigenvalue weighted by Crippen LogP contribution is -2.49. The van der Waals surface area contributed by atoms with Gasteiger partial charge in [-0.25, -0.2) is 0 Å². The molecule has 3 nitrogen and oxygen atoms in total.